The van der Waals surface area contributed by atoms with Gasteiger partial charge in [-0.1, -0.05) is 0 Å². The van der Waals surface area contributed by atoms with Gasteiger partial charge in [-0.2, -0.15) is 0 Å². The van der Waals surface area contributed by atoms with Crippen LogP contribution in [0.4, 0.5) is 0 Å². The molecule has 0 rings (SSSR count). The summed E-state index contributed by atoms with van der Waals surface area (Å²) >= 11 is 5.30. The maximum atomic E-state index is 10.1. The van der Waals surface area contributed by atoms with Gasteiger partial charge in [-0.15, -0.1) is 11.6 Å². The van der Waals surface area contributed by atoms with Gasteiger partial charge in [0.25, 0.3) is 5.97 Å². The number of esters is 1. The van der Waals surface area contributed by atoms with Crippen molar-refractivity contribution in [3.05, 3.63) is 0 Å². The third-order valence-electron chi connectivity index (χ3n) is 0.700. The zero-order valence-electron chi connectivity index (χ0n) is 7.93. The van der Waals surface area contributed by atoms with Gasteiger partial charge >= 0.3 is 15.7 Å². The largest absolute Gasteiger partial charge is 0.517 e. The Morgan fingerprint density at radius 2 is 1.77 bits per heavy atom. The van der Waals surface area contributed by atoms with Crippen LogP contribution in [0.1, 0.15) is 13.8 Å². The van der Waals surface area contributed by atoms with Crippen LogP contribution in [-0.4, -0.2) is 34.7 Å². The highest BCUT2D eigenvalue weighted by atomic mass is 35.5. The van der Waals surface area contributed by atoms with E-state index in [0.717, 1.165) is 6.04 Å². The Labute approximate surface area is 85.5 Å². The van der Waals surface area contributed by atoms with Crippen molar-refractivity contribution >= 4 is 33.3 Å². The first-order valence-electron chi connectivity index (χ1n) is 3.55. The number of rotatable bonds is 3. The molecule has 0 unspecified atom stereocenters. The molecule has 6 heteroatoms. The molecule has 76 valence electrons. The smallest absolute Gasteiger partial charge is 0.315 e. The molecule has 0 atom stereocenters. The lowest BCUT2D eigenvalue weighted by Crippen LogP contribution is -2.03. The van der Waals surface area contributed by atoms with Crippen molar-refractivity contribution in [2.24, 2.45) is 0 Å². The molecule has 0 saturated heterocycles. The summed E-state index contributed by atoms with van der Waals surface area (Å²) in [6.45, 7) is 2.75. The van der Waals surface area contributed by atoms with Gasteiger partial charge < -0.3 is 9.16 Å². The van der Waals surface area contributed by atoms with Crippen LogP contribution in [0.25, 0.3) is 0 Å². The first-order valence-corrected chi connectivity index (χ1v) is 5.20. The van der Waals surface area contributed by atoms with Gasteiger partial charge in [0.15, 0.2) is 0 Å². The lowest BCUT2D eigenvalue weighted by atomic mass is 10.8. The molecule has 0 aromatic rings. The molecule has 0 N–H and O–H groups in total. The van der Waals surface area contributed by atoms with Crippen LogP contribution in [0.15, 0.2) is 0 Å². The fraction of sp³-hybridized carbons (Fsp3) is 0.714. The number of methoxy groups -OCH3 is 1. The van der Waals surface area contributed by atoms with E-state index in [1.807, 2.05) is 0 Å². The van der Waals surface area contributed by atoms with Crippen LogP contribution < -0.4 is 0 Å². The van der Waals surface area contributed by atoms with Crippen LogP contribution in [0.5, 0.6) is 0 Å². The van der Waals surface area contributed by atoms with Crippen LogP contribution in [0, 0.1) is 0 Å². The van der Waals surface area contributed by atoms with E-state index < -0.39 is 0 Å². The average Bonchev–Trinajstić information content (AvgIpc) is 2.05. The number of carbonyl (C=O) groups is 2. The second kappa shape index (κ2) is 11.4. The maximum Gasteiger partial charge on any atom is 0.315 e. The molecule has 0 amide bonds. The summed E-state index contributed by atoms with van der Waals surface area (Å²) in [5.74, 6) is 0.0876. The average molecular weight is 225 g/mol. The number of carbonyl (C=O) groups excluding carboxylic acids is 2. The summed E-state index contributed by atoms with van der Waals surface area (Å²) in [4.78, 5) is 19.7. The molecule has 0 spiro atoms. The van der Waals surface area contributed by atoms with Gasteiger partial charge in [-0.05, 0) is 6.04 Å². The third-order valence-corrected chi connectivity index (χ3v) is 2.09. The van der Waals surface area contributed by atoms with Gasteiger partial charge in [-0.3, -0.25) is 9.59 Å². The predicted octanol–water partition coefficient (Wildman–Crippen LogP) is 1.01. The molecule has 0 heterocycles. The minimum atomic E-state index is -0.245. The number of halogens is 1. The van der Waals surface area contributed by atoms with Gasteiger partial charge in [0.2, 0.25) is 0 Å². The van der Waals surface area contributed by atoms with E-state index in [9.17, 15) is 9.59 Å². The second-order valence-corrected chi connectivity index (χ2v) is 3.24. The number of alkyl halides is 1. The van der Waals surface area contributed by atoms with Gasteiger partial charge in [0, 0.05) is 19.7 Å². The van der Waals surface area contributed by atoms with Crippen molar-refractivity contribution in [1.82, 2.24) is 0 Å². The van der Waals surface area contributed by atoms with E-state index in [1.165, 1.54) is 21.0 Å². The molecule has 0 aliphatic rings. The monoisotopic (exact) mass is 224 g/mol. The van der Waals surface area contributed by atoms with Crippen LogP contribution in [0.2, 0.25) is 6.04 Å². The molecule has 0 aliphatic heterocycles. The normalized spacial score (nSPS) is 8.00. The van der Waals surface area contributed by atoms with Crippen LogP contribution in [-0.2, 0) is 18.8 Å². The van der Waals surface area contributed by atoms with E-state index >= 15 is 0 Å². The Morgan fingerprint density at radius 3 is 2.00 bits per heavy atom. The van der Waals surface area contributed by atoms with Crippen LogP contribution in [0.3, 0.4) is 0 Å². The highest BCUT2D eigenvalue weighted by Gasteiger charge is 1.92. The van der Waals surface area contributed by atoms with Crippen molar-refractivity contribution in [3.63, 3.8) is 0 Å². The number of hydrogen-bond acceptors (Lipinski definition) is 4. The molecule has 0 aromatic heterocycles. The van der Waals surface area contributed by atoms with Gasteiger partial charge in [-0.25, -0.2) is 0 Å². The van der Waals surface area contributed by atoms with Crippen molar-refractivity contribution < 1.29 is 18.8 Å². The summed E-state index contributed by atoms with van der Waals surface area (Å²) in [7, 11) is 1.58. The van der Waals surface area contributed by atoms with E-state index in [2.05, 4.69) is 9.16 Å². The van der Waals surface area contributed by atoms with Crippen molar-refractivity contribution in [1.29, 1.82) is 0 Å². The zero-order chi connectivity index (χ0) is 10.7. The predicted molar refractivity (Wildman–Crippen MR) is 50.7 cm³/mol. The van der Waals surface area contributed by atoms with Crippen molar-refractivity contribution in [3.8, 4) is 0 Å². The summed E-state index contributed by atoms with van der Waals surface area (Å²) in [6.07, 6.45) is 0. The van der Waals surface area contributed by atoms with Gasteiger partial charge in [0.1, 0.15) is 0 Å². The third kappa shape index (κ3) is 24.6. The standard InChI is InChI=1S/C4H7ClO2Si.C3H6O2/c1-4(6)7-8-3-2-5;1-3(4)5-2/h2-3H2,1H3;1-2H3. The molecule has 2 radical (unpaired) electrons. The minimum Gasteiger partial charge on any atom is -0.517 e. The lowest BCUT2D eigenvalue weighted by molar-refractivity contribution is -0.138. The molecule has 0 saturated carbocycles. The molecule has 13 heavy (non-hydrogen) atoms. The maximum absolute atomic E-state index is 10.1. The molecule has 0 aliphatic carbocycles. The summed E-state index contributed by atoms with van der Waals surface area (Å²) in [5.41, 5.74) is 0. The van der Waals surface area contributed by atoms with Gasteiger partial charge in [0.05, 0.1) is 7.11 Å². The molecular formula is C7H13ClO4Si. The highest BCUT2D eigenvalue weighted by molar-refractivity contribution is 6.33. The molecule has 4 nitrogen and oxygen atoms in total. The summed E-state index contributed by atoms with van der Waals surface area (Å²) < 4.78 is 8.70. The Hall–Kier alpha value is -0.553. The van der Waals surface area contributed by atoms with E-state index in [0.29, 0.717) is 5.88 Å². The van der Waals surface area contributed by atoms with Crippen molar-refractivity contribution in [2.45, 2.75) is 19.9 Å². The van der Waals surface area contributed by atoms with E-state index in [1.54, 1.807) is 0 Å². The quantitative estimate of drug-likeness (QED) is 0.311. The van der Waals surface area contributed by atoms with Crippen molar-refractivity contribution in [2.75, 3.05) is 13.0 Å². The molecule has 0 fully saturated rings. The number of hydrogen-bond donors (Lipinski definition) is 0. The summed E-state index contributed by atoms with van der Waals surface area (Å²) in [6, 6.07) is 0.765. The first kappa shape index (κ1) is 14.9. The second-order valence-electron chi connectivity index (χ2n) is 1.87. The zero-order valence-corrected chi connectivity index (χ0v) is 9.68. The molecular weight excluding hydrogens is 212 g/mol. The minimum absolute atomic E-state index is 0.228. The fourth-order valence-corrected chi connectivity index (χ4v) is 0.805. The Morgan fingerprint density at radius 1 is 1.31 bits per heavy atom. The number of ether oxygens (including phenoxy) is 1. The van der Waals surface area contributed by atoms with E-state index in [4.69, 9.17) is 11.6 Å². The summed E-state index contributed by atoms with van der Waals surface area (Å²) in [5, 5.41) is 0. The molecule has 0 bridgehead atoms. The van der Waals surface area contributed by atoms with Crippen LogP contribution >= 0.6 is 11.6 Å². The lowest BCUT2D eigenvalue weighted by Gasteiger charge is -1.93. The molecule has 0 aromatic carbocycles. The Kier molecular flexibility index (Phi) is 13.2. The highest BCUT2D eigenvalue weighted by Crippen LogP contribution is 1.84. The topological polar surface area (TPSA) is 52.6 Å². The van der Waals surface area contributed by atoms with E-state index in [-0.39, 0.29) is 21.7 Å². The fourth-order valence-electron chi connectivity index (χ4n) is 0.191. The Balaban J connectivity index is 0. The Bertz CT molecular complexity index is 151. The first-order chi connectivity index (χ1) is 6.04. The SMILES string of the molecule is CC(=O)O[Si]CCCl.COC(C)=O.